The lowest BCUT2D eigenvalue weighted by molar-refractivity contribution is 0.256. The first kappa shape index (κ1) is 39.4. The van der Waals surface area contributed by atoms with Crippen molar-refractivity contribution in [2.45, 2.75) is 33.0 Å². The van der Waals surface area contributed by atoms with Gasteiger partial charge in [-0.3, -0.25) is 0 Å². The number of ether oxygens (including phenoxy) is 6. The predicted octanol–water partition coefficient (Wildman–Crippen LogP) is 12.2. The van der Waals surface area contributed by atoms with E-state index in [4.69, 9.17) is 28.4 Å². The first-order valence-corrected chi connectivity index (χ1v) is 20.0. The number of benzene rings is 7. The molecule has 0 spiro atoms. The molecule has 0 bridgehead atoms. The Kier molecular flexibility index (Phi) is 12.7. The van der Waals surface area contributed by atoms with Gasteiger partial charge in [0.2, 0.25) is 0 Å². The molecule has 0 radical (unpaired) electrons. The van der Waals surface area contributed by atoms with E-state index in [9.17, 15) is 0 Å². The van der Waals surface area contributed by atoms with Gasteiger partial charge in [0.15, 0.2) is 34.5 Å². The predicted molar refractivity (Wildman–Crippen MR) is 237 cm³/mol. The van der Waals surface area contributed by atoms with Crippen LogP contribution in [0.25, 0.3) is 22.3 Å². The Hall–Kier alpha value is -7.38. The summed E-state index contributed by atoms with van der Waals surface area (Å²) in [7, 11) is 3.30. The monoisotopic (exact) mass is 793 g/mol. The van der Waals surface area contributed by atoms with Crippen LogP contribution in [0.2, 0.25) is 0 Å². The molecular weight excluding hydrogens is 747 g/mol. The van der Waals surface area contributed by atoms with E-state index in [1.165, 1.54) is 0 Å². The molecule has 0 saturated carbocycles. The Morgan fingerprint density at radius 1 is 0.333 bits per heavy atom. The first-order chi connectivity index (χ1) is 29.6. The molecule has 300 valence electrons. The van der Waals surface area contributed by atoms with Gasteiger partial charge in [-0.05, 0) is 75.3 Å². The number of hydrogen-bond donors (Lipinski definition) is 0. The third-order valence-electron chi connectivity index (χ3n) is 10.2. The summed E-state index contributed by atoms with van der Waals surface area (Å²) < 4.78 is 39.3. The minimum atomic E-state index is 0.395. The lowest BCUT2D eigenvalue weighted by Gasteiger charge is -2.16. The van der Waals surface area contributed by atoms with Crippen LogP contribution in [0, 0.1) is 0 Å². The number of nitrogens with zero attached hydrogens (tertiary/aromatic N) is 1. The summed E-state index contributed by atoms with van der Waals surface area (Å²) in [4.78, 5) is 0. The molecule has 8 aromatic rings. The van der Waals surface area contributed by atoms with Gasteiger partial charge in [-0.1, -0.05) is 140 Å². The standard InChI is InChI=1S/C53H47NO6/c1-55-48-26-23-43(29-51(48)56-2)32-54-33-46(44-24-27-49(57-35-39-15-7-3-8-16-39)52(30-44)59-37-41-19-11-5-12-20-41)47(34-54)45-25-28-50(58-36-40-17-9-4-10-18-40)53(31-45)60-38-42-21-13-6-14-22-42/h3-31,33-34H,32,35-38H2,1-2H3. The Labute approximate surface area is 351 Å². The maximum Gasteiger partial charge on any atom is 0.162 e. The second-order valence-electron chi connectivity index (χ2n) is 14.4. The summed E-state index contributed by atoms with van der Waals surface area (Å²) >= 11 is 0. The van der Waals surface area contributed by atoms with Gasteiger partial charge in [0.25, 0.3) is 0 Å². The summed E-state index contributed by atoms with van der Waals surface area (Å²) in [5.74, 6) is 4.01. The minimum absolute atomic E-state index is 0.395. The van der Waals surface area contributed by atoms with Crippen LogP contribution in [0.5, 0.6) is 34.5 Å². The third kappa shape index (κ3) is 10.0. The zero-order valence-electron chi connectivity index (χ0n) is 33.8. The Morgan fingerprint density at radius 3 is 1.08 bits per heavy atom. The first-order valence-electron chi connectivity index (χ1n) is 20.0. The normalized spacial score (nSPS) is 10.8. The van der Waals surface area contributed by atoms with Crippen molar-refractivity contribution in [1.29, 1.82) is 0 Å². The summed E-state index contributed by atoms with van der Waals surface area (Å²) in [5.41, 5.74) is 9.33. The van der Waals surface area contributed by atoms with Crippen molar-refractivity contribution in [1.82, 2.24) is 4.57 Å². The smallest absolute Gasteiger partial charge is 0.162 e. The summed E-state index contributed by atoms with van der Waals surface area (Å²) in [5, 5.41) is 0. The van der Waals surface area contributed by atoms with Crippen LogP contribution in [0.3, 0.4) is 0 Å². The summed E-state index contributed by atoms with van der Waals surface area (Å²) in [6.45, 7) is 2.22. The molecule has 0 atom stereocenters. The van der Waals surface area contributed by atoms with Crippen molar-refractivity contribution in [2.75, 3.05) is 14.2 Å². The molecule has 0 N–H and O–H groups in total. The van der Waals surface area contributed by atoms with Crippen LogP contribution in [0.4, 0.5) is 0 Å². The van der Waals surface area contributed by atoms with E-state index >= 15 is 0 Å². The maximum absolute atomic E-state index is 6.55. The fourth-order valence-electron chi connectivity index (χ4n) is 7.01. The number of aromatic nitrogens is 1. The van der Waals surface area contributed by atoms with Gasteiger partial charge in [-0.2, -0.15) is 0 Å². The summed E-state index contributed by atoms with van der Waals surface area (Å²) in [6.07, 6.45) is 4.36. The van der Waals surface area contributed by atoms with Gasteiger partial charge in [0, 0.05) is 30.1 Å². The third-order valence-corrected chi connectivity index (χ3v) is 10.2. The van der Waals surface area contributed by atoms with Crippen molar-refractivity contribution in [3.63, 3.8) is 0 Å². The number of hydrogen-bond acceptors (Lipinski definition) is 6. The minimum Gasteiger partial charge on any atom is -0.493 e. The van der Waals surface area contributed by atoms with E-state index in [1.807, 2.05) is 97.1 Å². The van der Waals surface area contributed by atoms with Gasteiger partial charge in [0.05, 0.1) is 14.2 Å². The van der Waals surface area contributed by atoms with E-state index in [0.29, 0.717) is 67.5 Å². The fraction of sp³-hybridized carbons (Fsp3) is 0.132. The Bertz CT molecular complexity index is 2440. The fourth-order valence-corrected chi connectivity index (χ4v) is 7.01. The zero-order valence-corrected chi connectivity index (χ0v) is 33.8. The van der Waals surface area contributed by atoms with E-state index < -0.39 is 0 Å². The number of methoxy groups -OCH3 is 2. The second-order valence-corrected chi connectivity index (χ2v) is 14.4. The Morgan fingerprint density at radius 2 is 0.700 bits per heavy atom. The topological polar surface area (TPSA) is 60.3 Å². The highest BCUT2D eigenvalue weighted by atomic mass is 16.5. The van der Waals surface area contributed by atoms with E-state index in [0.717, 1.165) is 50.1 Å². The number of rotatable bonds is 18. The highest BCUT2D eigenvalue weighted by Crippen LogP contribution is 2.42. The Balaban J connectivity index is 1.19. The SMILES string of the molecule is COc1ccc(Cn2cc(-c3ccc(OCc4ccccc4)c(OCc4ccccc4)c3)c(-c3ccc(OCc4ccccc4)c(OCc4ccccc4)c3)c2)cc1OC. The van der Waals surface area contributed by atoms with Crippen molar-refractivity contribution in [2.24, 2.45) is 0 Å². The van der Waals surface area contributed by atoms with Gasteiger partial charge in [0.1, 0.15) is 26.4 Å². The van der Waals surface area contributed by atoms with E-state index in [2.05, 4.69) is 95.8 Å². The van der Waals surface area contributed by atoms with Crippen LogP contribution >= 0.6 is 0 Å². The van der Waals surface area contributed by atoms with Crippen molar-refractivity contribution >= 4 is 0 Å². The van der Waals surface area contributed by atoms with Gasteiger partial charge >= 0.3 is 0 Å². The van der Waals surface area contributed by atoms with Crippen molar-refractivity contribution in [3.8, 4) is 56.8 Å². The molecule has 0 aliphatic rings. The molecule has 0 saturated heterocycles. The molecular formula is C53H47NO6. The van der Waals surface area contributed by atoms with Crippen molar-refractivity contribution < 1.29 is 28.4 Å². The molecule has 1 heterocycles. The molecule has 0 aliphatic heterocycles. The largest absolute Gasteiger partial charge is 0.493 e. The average molecular weight is 794 g/mol. The molecule has 60 heavy (non-hydrogen) atoms. The van der Waals surface area contributed by atoms with Crippen LogP contribution in [-0.2, 0) is 33.0 Å². The lowest BCUT2D eigenvalue weighted by atomic mass is 9.98. The lowest BCUT2D eigenvalue weighted by Crippen LogP contribution is -2.01. The van der Waals surface area contributed by atoms with Crippen LogP contribution in [-0.4, -0.2) is 18.8 Å². The summed E-state index contributed by atoms with van der Waals surface area (Å²) in [6, 6.07) is 59.0. The van der Waals surface area contributed by atoms with E-state index in [-0.39, 0.29) is 0 Å². The molecule has 7 nitrogen and oxygen atoms in total. The molecule has 1 aromatic heterocycles. The second kappa shape index (κ2) is 19.4. The quantitative estimate of drug-likeness (QED) is 0.0862. The molecule has 0 aliphatic carbocycles. The highest BCUT2D eigenvalue weighted by Gasteiger charge is 2.18. The van der Waals surface area contributed by atoms with Gasteiger partial charge in [-0.15, -0.1) is 0 Å². The molecule has 0 unspecified atom stereocenters. The van der Waals surface area contributed by atoms with Crippen LogP contribution in [0.15, 0.2) is 188 Å². The van der Waals surface area contributed by atoms with Crippen LogP contribution < -0.4 is 28.4 Å². The van der Waals surface area contributed by atoms with Crippen LogP contribution in [0.1, 0.15) is 27.8 Å². The zero-order chi connectivity index (χ0) is 40.9. The molecule has 0 fully saturated rings. The average Bonchev–Trinajstić information content (AvgIpc) is 3.74. The van der Waals surface area contributed by atoms with Gasteiger partial charge < -0.3 is 33.0 Å². The van der Waals surface area contributed by atoms with Gasteiger partial charge in [-0.25, -0.2) is 0 Å². The highest BCUT2D eigenvalue weighted by molar-refractivity contribution is 5.85. The van der Waals surface area contributed by atoms with Crippen molar-refractivity contribution in [3.05, 3.63) is 216 Å². The molecule has 7 heteroatoms. The maximum atomic E-state index is 6.55. The van der Waals surface area contributed by atoms with E-state index in [1.54, 1.807) is 14.2 Å². The molecule has 8 rings (SSSR count). The molecule has 0 amide bonds. The molecule has 7 aromatic carbocycles.